The lowest BCUT2D eigenvalue weighted by Crippen LogP contribution is -2.22. The first-order chi connectivity index (χ1) is 4.27. The van der Waals surface area contributed by atoms with Crippen molar-refractivity contribution >= 4 is 5.96 Å². The number of nitrogens with zero attached hydrogens (tertiary/aromatic N) is 1. The predicted octanol–water partition coefficient (Wildman–Crippen LogP) is -0.327. The molecule has 0 unspecified atom stereocenters. The van der Waals surface area contributed by atoms with E-state index in [1.165, 1.54) is 0 Å². The van der Waals surface area contributed by atoms with Crippen molar-refractivity contribution in [1.29, 1.82) is 0 Å². The Hall–Kier alpha value is -1.17. The zero-order valence-corrected chi connectivity index (χ0v) is 5.52. The molecule has 0 heterocycles. The van der Waals surface area contributed by atoms with Gasteiger partial charge in [-0.1, -0.05) is 0 Å². The maximum atomic E-state index is 5.05. The molecule has 0 aromatic rings. The third-order valence-electron chi connectivity index (χ3n) is 0.708. The van der Waals surface area contributed by atoms with Crippen LogP contribution >= 0.6 is 0 Å². The van der Waals surface area contributed by atoms with E-state index in [-0.39, 0.29) is 5.96 Å². The molecule has 4 N–H and O–H groups in total. The predicted molar refractivity (Wildman–Crippen MR) is 38.7 cm³/mol. The first-order valence-electron chi connectivity index (χ1n) is 2.72. The molecule has 9 heavy (non-hydrogen) atoms. The monoisotopic (exact) mass is 125 g/mol. The first kappa shape index (κ1) is 7.83. The van der Waals surface area contributed by atoms with Crippen LogP contribution in [0.25, 0.3) is 0 Å². The summed E-state index contributed by atoms with van der Waals surface area (Å²) in [6.07, 6.45) is 0.731. The van der Waals surface area contributed by atoms with Gasteiger partial charge in [0.25, 0.3) is 0 Å². The Bertz CT molecular complexity index is 145. The van der Waals surface area contributed by atoms with Crippen molar-refractivity contribution in [1.82, 2.24) is 0 Å². The van der Waals surface area contributed by atoms with Crippen LogP contribution < -0.4 is 11.5 Å². The van der Waals surface area contributed by atoms with E-state index < -0.39 is 0 Å². The quantitative estimate of drug-likeness (QED) is 0.230. The van der Waals surface area contributed by atoms with Crippen LogP contribution in [0.4, 0.5) is 0 Å². The summed E-state index contributed by atoms with van der Waals surface area (Å²) in [5.74, 6) is 5.71. The minimum absolute atomic E-state index is 0.132. The van der Waals surface area contributed by atoms with E-state index in [4.69, 9.17) is 11.5 Å². The highest BCUT2D eigenvalue weighted by atomic mass is 15.0. The second-order valence-electron chi connectivity index (χ2n) is 1.48. The number of guanidine groups is 1. The van der Waals surface area contributed by atoms with Gasteiger partial charge in [-0.3, -0.25) is 4.99 Å². The molecule has 0 spiro atoms. The third kappa shape index (κ3) is 6.83. The van der Waals surface area contributed by atoms with Gasteiger partial charge in [-0.15, -0.1) is 11.8 Å². The van der Waals surface area contributed by atoms with Gasteiger partial charge in [-0.25, -0.2) is 0 Å². The van der Waals surface area contributed by atoms with E-state index in [9.17, 15) is 0 Å². The van der Waals surface area contributed by atoms with Gasteiger partial charge in [0.15, 0.2) is 5.96 Å². The largest absolute Gasteiger partial charge is 0.370 e. The molecular formula is C6H11N3. The molecule has 0 amide bonds. The Morgan fingerprint density at radius 2 is 2.22 bits per heavy atom. The van der Waals surface area contributed by atoms with Gasteiger partial charge < -0.3 is 11.5 Å². The Labute approximate surface area is 55.1 Å². The Morgan fingerprint density at radius 1 is 1.56 bits per heavy atom. The zero-order valence-electron chi connectivity index (χ0n) is 5.52. The molecule has 0 saturated carbocycles. The molecule has 0 aromatic heterocycles. The van der Waals surface area contributed by atoms with Crippen molar-refractivity contribution in [3.8, 4) is 11.8 Å². The smallest absolute Gasteiger partial charge is 0.185 e. The van der Waals surface area contributed by atoms with E-state index in [1.807, 2.05) is 0 Å². The average molecular weight is 125 g/mol. The summed E-state index contributed by atoms with van der Waals surface area (Å²) in [4.78, 5) is 3.73. The van der Waals surface area contributed by atoms with Gasteiger partial charge in [-0.2, -0.15) is 0 Å². The summed E-state index contributed by atoms with van der Waals surface area (Å²) in [6.45, 7) is 2.39. The molecule has 0 aliphatic rings. The molecule has 3 heteroatoms. The molecule has 0 atom stereocenters. The first-order valence-corrected chi connectivity index (χ1v) is 2.72. The highest BCUT2D eigenvalue weighted by Gasteiger charge is 1.77. The summed E-state index contributed by atoms with van der Waals surface area (Å²) in [6, 6.07) is 0. The van der Waals surface area contributed by atoms with Crippen LogP contribution in [0.3, 0.4) is 0 Å². The number of hydrogen-bond donors (Lipinski definition) is 2. The fourth-order valence-corrected chi connectivity index (χ4v) is 0.366. The molecule has 0 saturated heterocycles. The minimum atomic E-state index is 0.132. The SMILES string of the molecule is CC#CCCN=C(N)N. The molecule has 3 nitrogen and oxygen atoms in total. The van der Waals surface area contributed by atoms with Crippen LogP contribution in [-0.4, -0.2) is 12.5 Å². The maximum Gasteiger partial charge on any atom is 0.185 e. The summed E-state index contributed by atoms with van der Waals surface area (Å²) in [5.41, 5.74) is 10.1. The van der Waals surface area contributed by atoms with Crippen LogP contribution in [0.15, 0.2) is 4.99 Å². The normalized spacial score (nSPS) is 7.22. The van der Waals surface area contributed by atoms with Gasteiger partial charge in [0.2, 0.25) is 0 Å². The Balaban J connectivity index is 3.27. The lowest BCUT2D eigenvalue weighted by atomic mass is 10.4. The summed E-state index contributed by atoms with van der Waals surface area (Å²) >= 11 is 0. The highest BCUT2D eigenvalue weighted by molar-refractivity contribution is 5.75. The van der Waals surface area contributed by atoms with Gasteiger partial charge >= 0.3 is 0 Å². The van der Waals surface area contributed by atoms with Crippen molar-refractivity contribution in [2.75, 3.05) is 6.54 Å². The van der Waals surface area contributed by atoms with Gasteiger partial charge in [0, 0.05) is 6.42 Å². The van der Waals surface area contributed by atoms with Crippen LogP contribution in [-0.2, 0) is 0 Å². The molecule has 0 radical (unpaired) electrons. The molecule has 0 fully saturated rings. The lowest BCUT2D eigenvalue weighted by Gasteiger charge is -1.86. The maximum absolute atomic E-state index is 5.05. The summed E-state index contributed by atoms with van der Waals surface area (Å²) < 4.78 is 0. The third-order valence-corrected chi connectivity index (χ3v) is 0.708. The Morgan fingerprint density at radius 3 is 2.67 bits per heavy atom. The molecule has 50 valence electrons. The van der Waals surface area contributed by atoms with Crippen molar-refractivity contribution < 1.29 is 0 Å². The van der Waals surface area contributed by atoms with Crippen molar-refractivity contribution in [2.45, 2.75) is 13.3 Å². The van der Waals surface area contributed by atoms with Crippen molar-refractivity contribution in [3.05, 3.63) is 0 Å². The van der Waals surface area contributed by atoms with Crippen LogP contribution in [0.1, 0.15) is 13.3 Å². The van der Waals surface area contributed by atoms with E-state index in [1.54, 1.807) is 6.92 Å². The lowest BCUT2D eigenvalue weighted by molar-refractivity contribution is 1.02. The van der Waals surface area contributed by atoms with Crippen molar-refractivity contribution in [3.63, 3.8) is 0 Å². The molecule has 0 aromatic carbocycles. The van der Waals surface area contributed by atoms with Gasteiger partial charge in [-0.05, 0) is 6.92 Å². The number of hydrogen-bond acceptors (Lipinski definition) is 1. The Kier molecular flexibility index (Phi) is 4.33. The van der Waals surface area contributed by atoms with E-state index >= 15 is 0 Å². The second-order valence-corrected chi connectivity index (χ2v) is 1.48. The number of rotatable bonds is 2. The molecule has 0 rings (SSSR count). The summed E-state index contributed by atoms with van der Waals surface area (Å²) in [5, 5.41) is 0. The van der Waals surface area contributed by atoms with Crippen LogP contribution in [0, 0.1) is 11.8 Å². The highest BCUT2D eigenvalue weighted by Crippen LogP contribution is 1.75. The minimum Gasteiger partial charge on any atom is -0.370 e. The number of nitrogens with two attached hydrogens (primary N) is 2. The van der Waals surface area contributed by atoms with Crippen LogP contribution in [0.2, 0.25) is 0 Å². The fourth-order valence-electron chi connectivity index (χ4n) is 0.366. The number of aliphatic imine (C=N–C) groups is 1. The zero-order chi connectivity index (χ0) is 7.11. The van der Waals surface area contributed by atoms with Gasteiger partial charge in [0.1, 0.15) is 0 Å². The molecule has 0 bridgehead atoms. The van der Waals surface area contributed by atoms with Crippen LogP contribution in [0.5, 0.6) is 0 Å². The topological polar surface area (TPSA) is 64.4 Å². The summed E-state index contributed by atoms with van der Waals surface area (Å²) in [7, 11) is 0. The van der Waals surface area contributed by atoms with E-state index in [2.05, 4.69) is 16.8 Å². The van der Waals surface area contributed by atoms with Crippen molar-refractivity contribution in [2.24, 2.45) is 16.5 Å². The molecule has 0 aliphatic heterocycles. The van der Waals surface area contributed by atoms with E-state index in [0.717, 1.165) is 6.42 Å². The van der Waals surface area contributed by atoms with Gasteiger partial charge in [0.05, 0.1) is 6.54 Å². The fraction of sp³-hybridized carbons (Fsp3) is 0.500. The second kappa shape index (κ2) is 4.98. The standard InChI is InChI=1S/C6H11N3/c1-2-3-4-5-9-6(7)8/h4-5H2,1H3,(H4,7,8,9). The average Bonchev–Trinajstić information content (AvgIpc) is 1.80. The van der Waals surface area contributed by atoms with E-state index in [0.29, 0.717) is 6.54 Å². The molecule has 0 aliphatic carbocycles. The molecular weight excluding hydrogens is 114 g/mol.